The summed E-state index contributed by atoms with van der Waals surface area (Å²) in [4.78, 5) is 34.3. The van der Waals surface area contributed by atoms with Crippen LogP contribution in [-0.2, 0) is 4.79 Å². The zero-order chi connectivity index (χ0) is 24.5. The van der Waals surface area contributed by atoms with Gasteiger partial charge < -0.3 is 14.8 Å². The van der Waals surface area contributed by atoms with Gasteiger partial charge in [0.25, 0.3) is 17.5 Å². The highest BCUT2D eigenvalue weighted by atomic mass is 19.1. The second-order valence-corrected chi connectivity index (χ2v) is 6.73. The predicted molar refractivity (Wildman–Crippen MR) is 122 cm³/mol. The Morgan fingerprint density at radius 1 is 1.09 bits per heavy atom. The average Bonchev–Trinajstić information content (AvgIpc) is 2.84. The van der Waals surface area contributed by atoms with E-state index in [2.05, 4.69) is 15.8 Å². The zero-order valence-corrected chi connectivity index (χ0v) is 17.9. The number of halogens is 1. The monoisotopic (exact) mass is 466 g/mol. The fourth-order valence-corrected chi connectivity index (χ4v) is 2.74. The van der Waals surface area contributed by atoms with Crippen molar-refractivity contribution in [1.82, 2.24) is 5.43 Å². The number of ether oxygens (including phenoxy) is 2. The molecule has 34 heavy (non-hydrogen) atoms. The minimum atomic E-state index is -0.559. The molecule has 0 saturated heterocycles. The minimum absolute atomic E-state index is 0.0467. The Bertz CT molecular complexity index is 1230. The van der Waals surface area contributed by atoms with Gasteiger partial charge in [0.05, 0.1) is 23.9 Å². The third-order valence-corrected chi connectivity index (χ3v) is 4.41. The third-order valence-electron chi connectivity index (χ3n) is 4.41. The van der Waals surface area contributed by atoms with Crippen molar-refractivity contribution >= 4 is 29.4 Å². The molecule has 3 rings (SSSR count). The molecule has 3 aromatic carbocycles. The predicted octanol–water partition coefficient (Wildman–Crippen LogP) is 3.52. The van der Waals surface area contributed by atoms with Crippen LogP contribution in [0.4, 0.5) is 15.8 Å². The van der Waals surface area contributed by atoms with Gasteiger partial charge in [0, 0.05) is 17.7 Å². The van der Waals surface area contributed by atoms with Crippen LogP contribution in [0.25, 0.3) is 0 Å². The number of amides is 2. The van der Waals surface area contributed by atoms with Crippen LogP contribution >= 0.6 is 0 Å². The van der Waals surface area contributed by atoms with Crippen molar-refractivity contribution in [2.75, 3.05) is 19.0 Å². The van der Waals surface area contributed by atoms with Gasteiger partial charge in [0.1, 0.15) is 5.82 Å². The first-order valence-electron chi connectivity index (χ1n) is 9.80. The molecule has 0 saturated carbocycles. The molecule has 2 amide bonds. The molecule has 0 unspecified atom stereocenters. The number of carbonyl (C=O) groups excluding carboxylic acids is 2. The molecule has 0 atom stereocenters. The van der Waals surface area contributed by atoms with E-state index >= 15 is 0 Å². The molecule has 0 spiro atoms. The molecule has 0 radical (unpaired) electrons. The molecule has 0 aliphatic heterocycles. The molecule has 0 aromatic heterocycles. The number of nitrogens with zero attached hydrogens (tertiary/aromatic N) is 2. The van der Waals surface area contributed by atoms with Crippen molar-refractivity contribution in [2.45, 2.75) is 0 Å². The lowest BCUT2D eigenvalue weighted by Gasteiger charge is -2.11. The van der Waals surface area contributed by atoms with Crippen LogP contribution < -0.4 is 20.2 Å². The number of nitro groups is 1. The van der Waals surface area contributed by atoms with E-state index in [9.17, 15) is 24.1 Å². The molecule has 174 valence electrons. The van der Waals surface area contributed by atoms with Crippen LogP contribution in [0.2, 0.25) is 0 Å². The Hall–Kier alpha value is -4.80. The average molecular weight is 466 g/mol. The summed E-state index contributed by atoms with van der Waals surface area (Å²) >= 11 is 0. The van der Waals surface area contributed by atoms with Crippen LogP contribution in [0.3, 0.4) is 0 Å². The zero-order valence-electron chi connectivity index (χ0n) is 17.9. The number of nitrogens with one attached hydrogen (secondary N) is 2. The van der Waals surface area contributed by atoms with E-state index in [1.807, 2.05) is 0 Å². The van der Waals surface area contributed by atoms with Gasteiger partial charge in [-0.1, -0.05) is 12.1 Å². The van der Waals surface area contributed by atoms with Crippen molar-refractivity contribution in [3.8, 4) is 11.5 Å². The molecule has 0 aliphatic carbocycles. The lowest BCUT2D eigenvalue weighted by atomic mass is 10.2. The maximum Gasteiger partial charge on any atom is 0.271 e. The summed E-state index contributed by atoms with van der Waals surface area (Å²) in [5.74, 6) is -1.06. The fraction of sp³-hybridized carbons (Fsp3) is 0.0870. The molecular weight excluding hydrogens is 447 g/mol. The van der Waals surface area contributed by atoms with Gasteiger partial charge in [-0.3, -0.25) is 19.7 Å². The number of methoxy groups -OCH3 is 1. The lowest BCUT2D eigenvalue weighted by molar-refractivity contribution is -0.384. The van der Waals surface area contributed by atoms with E-state index < -0.39 is 22.6 Å². The first-order valence-corrected chi connectivity index (χ1v) is 9.80. The number of hydrazone groups is 1. The molecule has 0 bridgehead atoms. The maximum absolute atomic E-state index is 13.6. The number of anilines is 1. The van der Waals surface area contributed by atoms with Gasteiger partial charge in [-0.2, -0.15) is 5.10 Å². The van der Waals surface area contributed by atoms with Crippen molar-refractivity contribution in [1.29, 1.82) is 0 Å². The molecule has 10 nitrogen and oxygen atoms in total. The number of nitro benzene ring substituents is 1. The normalized spacial score (nSPS) is 10.5. The summed E-state index contributed by atoms with van der Waals surface area (Å²) < 4.78 is 24.4. The molecule has 0 fully saturated rings. The molecule has 2 N–H and O–H groups in total. The third kappa shape index (κ3) is 6.36. The summed E-state index contributed by atoms with van der Waals surface area (Å²) in [6, 6.07) is 15.6. The quantitative estimate of drug-likeness (QED) is 0.282. The number of para-hydroxylation sites is 1. The second-order valence-electron chi connectivity index (χ2n) is 6.73. The number of hydrogen-bond acceptors (Lipinski definition) is 7. The summed E-state index contributed by atoms with van der Waals surface area (Å²) in [6.45, 7) is -0.372. The van der Waals surface area contributed by atoms with E-state index in [0.29, 0.717) is 11.3 Å². The van der Waals surface area contributed by atoms with Crippen LogP contribution in [0.1, 0.15) is 15.9 Å². The van der Waals surface area contributed by atoms with E-state index in [1.54, 1.807) is 24.3 Å². The number of benzene rings is 3. The second kappa shape index (κ2) is 11.2. The van der Waals surface area contributed by atoms with Crippen molar-refractivity contribution in [3.05, 3.63) is 93.8 Å². The molecule has 0 aliphatic rings. The van der Waals surface area contributed by atoms with Crippen LogP contribution in [0, 0.1) is 15.9 Å². The lowest BCUT2D eigenvalue weighted by Crippen LogP contribution is -2.21. The van der Waals surface area contributed by atoms with Crippen molar-refractivity contribution in [2.24, 2.45) is 5.10 Å². The maximum atomic E-state index is 13.6. The van der Waals surface area contributed by atoms with Gasteiger partial charge in [-0.25, -0.2) is 9.82 Å². The SMILES string of the molecule is COc1cc(/C=N/NC(=O)c2ccc([N+](=O)[O-])cc2)ccc1OCC(=O)Nc1ccccc1F. The Labute approximate surface area is 193 Å². The summed E-state index contributed by atoms with van der Waals surface area (Å²) in [5, 5.41) is 16.9. The number of non-ortho nitro benzene ring substituents is 1. The first kappa shape index (κ1) is 23.9. The minimum Gasteiger partial charge on any atom is -0.493 e. The van der Waals surface area contributed by atoms with E-state index in [4.69, 9.17) is 9.47 Å². The van der Waals surface area contributed by atoms with Crippen molar-refractivity contribution < 1.29 is 28.4 Å². The Balaban J connectivity index is 1.57. The van der Waals surface area contributed by atoms with Gasteiger partial charge in [-0.15, -0.1) is 0 Å². The first-order chi connectivity index (χ1) is 16.4. The van der Waals surface area contributed by atoms with Gasteiger partial charge in [0.2, 0.25) is 0 Å². The number of hydrogen-bond donors (Lipinski definition) is 2. The van der Waals surface area contributed by atoms with Crippen LogP contribution in [-0.4, -0.2) is 36.7 Å². The van der Waals surface area contributed by atoms with Crippen molar-refractivity contribution in [3.63, 3.8) is 0 Å². The highest BCUT2D eigenvalue weighted by molar-refractivity contribution is 5.95. The highest BCUT2D eigenvalue weighted by Crippen LogP contribution is 2.27. The van der Waals surface area contributed by atoms with Gasteiger partial charge >= 0.3 is 0 Å². The summed E-state index contributed by atoms with van der Waals surface area (Å²) in [5.41, 5.74) is 3.01. The molecule has 3 aromatic rings. The van der Waals surface area contributed by atoms with Crippen LogP contribution in [0.15, 0.2) is 71.8 Å². The summed E-state index contributed by atoms with van der Waals surface area (Å²) in [7, 11) is 1.42. The fourth-order valence-electron chi connectivity index (χ4n) is 2.74. The Kier molecular flexibility index (Phi) is 7.84. The number of rotatable bonds is 9. The van der Waals surface area contributed by atoms with Gasteiger partial charge in [-0.05, 0) is 48.0 Å². The largest absolute Gasteiger partial charge is 0.493 e. The molecular formula is C23H19FN4O6. The van der Waals surface area contributed by atoms with E-state index in [1.165, 1.54) is 55.8 Å². The van der Waals surface area contributed by atoms with Gasteiger partial charge in [0.15, 0.2) is 18.1 Å². The Morgan fingerprint density at radius 3 is 2.50 bits per heavy atom. The smallest absolute Gasteiger partial charge is 0.271 e. The number of carbonyl (C=O) groups is 2. The topological polar surface area (TPSA) is 132 Å². The molecule has 11 heteroatoms. The van der Waals surface area contributed by atoms with Crippen LogP contribution in [0.5, 0.6) is 11.5 Å². The van der Waals surface area contributed by atoms with E-state index in [0.717, 1.165) is 0 Å². The standard InChI is InChI=1S/C23H19FN4O6/c1-33-21-12-15(13-25-27-23(30)16-7-9-17(10-8-16)28(31)32)6-11-20(21)34-14-22(29)26-19-5-3-2-4-18(19)24/h2-13H,14H2,1H3,(H,26,29)(H,27,30)/b25-13+. The molecule has 0 heterocycles. The summed E-state index contributed by atoms with van der Waals surface area (Å²) in [6.07, 6.45) is 1.36. The van der Waals surface area contributed by atoms with E-state index in [-0.39, 0.29) is 29.3 Å². The Morgan fingerprint density at radius 2 is 1.82 bits per heavy atom. The highest BCUT2D eigenvalue weighted by Gasteiger charge is 2.11.